The number of rotatable bonds is 4. The Balaban J connectivity index is 2.14. The van der Waals surface area contributed by atoms with Crippen LogP contribution in [0.15, 0.2) is 42.6 Å². The lowest BCUT2D eigenvalue weighted by atomic mass is 10.0. The molecule has 0 fully saturated rings. The average Bonchev–Trinajstić information content (AvgIpc) is 2.39. The third-order valence-electron chi connectivity index (χ3n) is 3.01. The maximum atomic E-state index is 9.53. The number of aliphatic hydroxyl groups excluding tert-OH is 1. The molecule has 100 valence electrons. The first kappa shape index (κ1) is 13.6. The molecule has 2 aromatic rings. The van der Waals surface area contributed by atoms with E-state index in [4.69, 9.17) is 4.74 Å². The van der Waals surface area contributed by atoms with Crippen LogP contribution in [-0.4, -0.2) is 10.1 Å². The minimum Gasteiger partial charge on any atom is -0.439 e. The molecule has 0 bridgehead atoms. The van der Waals surface area contributed by atoms with Crippen LogP contribution in [0.1, 0.15) is 43.9 Å². The highest BCUT2D eigenvalue weighted by Gasteiger charge is 2.05. The minimum absolute atomic E-state index is 0.496. The molecular formula is C16H19NO2. The molecule has 0 spiro atoms. The Morgan fingerprint density at radius 3 is 2.26 bits per heavy atom. The van der Waals surface area contributed by atoms with E-state index in [0.29, 0.717) is 11.8 Å². The van der Waals surface area contributed by atoms with Crippen LogP contribution < -0.4 is 4.74 Å². The number of pyridine rings is 1. The molecule has 0 aliphatic carbocycles. The first-order valence-corrected chi connectivity index (χ1v) is 6.48. The normalized spacial score (nSPS) is 12.5. The quantitative estimate of drug-likeness (QED) is 0.898. The molecule has 0 aliphatic heterocycles. The fraction of sp³-hybridized carbons (Fsp3) is 0.312. The fourth-order valence-corrected chi connectivity index (χ4v) is 1.78. The van der Waals surface area contributed by atoms with Gasteiger partial charge >= 0.3 is 0 Å². The number of nitrogens with zero attached hydrogens (tertiary/aromatic N) is 1. The van der Waals surface area contributed by atoms with Crippen LogP contribution in [-0.2, 0) is 0 Å². The molecule has 1 N–H and O–H groups in total. The molecule has 0 saturated heterocycles. The maximum absolute atomic E-state index is 9.53. The van der Waals surface area contributed by atoms with Crippen LogP contribution in [0.5, 0.6) is 11.6 Å². The Morgan fingerprint density at radius 1 is 1.00 bits per heavy atom. The highest BCUT2D eigenvalue weighted by molar-refractivity contribution is 5.32. The van der Waals surface area contributed by atoms with Crippen LogP contribution in [0.25, 0.3) is 0 Å². The molecule has 3 heteroatoms. The van der Waals surface area contributed by atoms with Gasteiger partial charge in [-0.1, -0.05) is 26.0 Å². The van der Waals surface area contributed by atoms with E-state index in [1.807, 2.05) is 12.1 Å². The van der Waals surface area contributed by atoms with Crippen molar-refractivity contribution >= 4 is 0 Å². The Hall–Kier alpha value is -1.87. The zero-order chi connectivity index (χ0) is 13.8. The van der Waals surface area contributed by atoms with Gasteiger partial charge in [-0.3, -0.25) is 0 Å². The summed E-state index contributed by atoms with van der Waals surface area (Å²) in [6, 6.07) is 11.5. The SMILES string of the molecule is CC(C)c1ccc(Oc2cc([C@@H](C)O)ccn2)cc1. The smallest absolute Gasteiger partial charge is 0.219 e. The molecule has 1 aromatic carbocycles. The summed E-state index contributed by atoms with van der Waals surface area (Å²) in [5, 5.41) is 9.53. The number of hydrogen-bond acceptors (Lipinski definition) is 3. The second-order valence-electron chi connectivity index (χ2n) is 4.93. The molecule has 0 radical (unpaired) electrons. The van der Waals surface area contributed by atoms with Crippen LogP contribution in [0.2, 0.25) is 0 Å². The number of aliphatic hydroxyl groups is 1. The summed E-state index contributed by atoms with van der Waals surface area (Å²) in [7, 11) is 0. The van der Waals surface area contributed by atoms with E-state index in [2.05, 4.69) is 31.0 Å². The Bertz CT molecular complexity index is 533. The van der Waals surface area contributed by atoms with Crippen molar-refractivity contribution in [1.29, 1.82) is 0 Å². The molecule has 0 unspecified atom stereocenters. The minimum atomic E-state index is -0.520. The van der Waals surface area contributed by atoms with Crippen LogP contribution in [0.4, 0.5) is 0 Å². The van der Waals surface area contributed by atoms with Gasteiger partial charge in [0.05, 0.1) is 6.10 Å². The lowest BCUT2D eigenvalue weighted by molar-refractivity contribution is 0.198. The van der Waals surface area contributed by atoms with Crippen molar-refractivity contribution < 1.29 is 9.84 Å². The van der Waals surface area contributed by atoms with Gasteiger partial charge in [-0.15, -0.1) is 0 Å². The van der Waals surface area contributed by atoms with E-state index in [0.717, 1.165) is 11.3 Å². The highest BCUT2D eigenvalue weighted by Crippen LogP contribution is 2.24. The largest absolute Gasteiger partial charge is 0.439 e. The second kappa shape index (κ2) is 5.85. The Kier molecular flexibility index (Phi) is 4.17. The lowest BCUT2D eigenvalue weighted by Crippen LogP contribution is -1.94. The summed E-state index contributed by atoms with van der Waals surface area (Å²) in [6.45, 7) is 6.03. The van der Waals surface area contributed by atoms with Gasteiger partial charge in [0.1, 0.15) is 5.75 Å². The molecule has 2 rings (SSSR count). The first-order chi connectivity index (χ1) is 9.06. The van der Waals surface area contributed by atoms with Crippen LogP contribution >= 0.6 is 0 Å². The molecule has 3 nitrogen and oxygen atoms in total. The summed E-state index contributed by atoms with van der Waals surface area (Å²) in [6.07, 6.45) is 1.12. The standard InChI is InChI=1S/C16H19NO2/c1-11(2)13-4-6-15(7-5-13)19-16-10-14(12(3)18)8-9-17-16/h4-12,18H,1-3H3/t12-/m1/s1. The molecular weight excluding hydrogens is 238 g/mol. The van der Waals surface area contributed by atoms with Crippen molar-refractivity contribution in [2.45, 2.75) is 32.8 Å². The van der Waals surface area contributed by atoms with Gasteiger partial charge in [-0.2, -0.15) is 0 Å². The van der Waals surface area contributed by atoms with Crippen molar-refractivity contribution in [1.82, 2.24) is 4.98 Å². The van der Waals surface area contributed by atoms with Crippen molar-refractivity contribution in [3.8, 4) is 11.6 Å². The number of benzene rings is 1. The van der Waals surface area contributed by atoms with E-state index in [-0.39, 0.29) is 0 Å². The molecule has 1 aromatic heterocycles. The predicted molar refractivity (Wildman–Crippen MR) is 75.5 cm³/mol. The van der Waals surface area contributed by atoms with Crippen molar-refractivity contribution in [3.63, 3.8) is 0 Å². The summed E-state index contributed by atoms with van der Waals surface area (Å²) in [5.74, 6) is 1.75. The molecule has 0 saturated carbocycles. The molecule has 0 amide bonds. The van der Waals surface area contributed by atoms with E-state index in [1.165, 1.54) is 5.56 Å². The van der Waals surface area contributed by atoms with Crippen molar-refractivity contribution in [2.75, 3.05) is 0 Å². The zero-order valence-electron chi connectivity index (χ0n) is 11.5. The monoisotopic (exact) mass is 257 g/mol. The van der Waals surface area contributed by atoms with E-state index < -0.39 is 6.10 Å². The molecule has 1 heterocycles. The highest BCUT2D eigenvalue weighted by atomic mass is 16.5. The van der Waals surface area contributed by atoms with E-state index in [1.54, 1.807) is 25.3 Å². The predicted octanol–water partition coefficient (Wildman–Crippen LogP) is 4.05. The van der Waals surface area contributed by atoms with Crippen molar-refractivity contribution in [2.24, 2.45) is 0 Å². The summed E-state index contributed by atoms with van der Waals surface area (Å²) >= 11 is 0. The molecule has 19 heavy (non-hydrogen) atoms. The summed E-state index contributed by atoms with van der Waals surface area (Å²) in [4.78, 5) is 4.14. The lowest BCUT2D eigenvalue weighted by Gasteiger charge is -2.09. The van der Waals surface area contributed by atoms with Gasteiger partial charge < -0.3 is 9.84 Å². The van der Waals surface area contributed by atoms with Gasteiger partial charge in [-0.05, 0) is 42.2 Å². The van der Waals surface area contributed by atoms with E-state index in [9.17, 15) is 5.11 Å². The van der Waals surface area contributed by atoms with Gasteiger partial charge in [-0.25, -0.2) is 4.98 Å². The van der Waals surface area contributed by atoms with Gasteiger partial charge in [0.25, 0.3) is 0 Å². The Labute approximate surface area is 113 Å². The number of ether oxygens (including phenoxy) is 1. The number of aromatic nitrogens is 1. The average molecular weight is 257 g/mol. The van der Waals surface area contributed by atoms with Crippen LogP contribution in [0, 0.1) is 0 Å². The Morgan fingerprint density at radius 2 is 1.68 bits per heavy atom. The van der Waals surface area contributed by atoms with E-state index >= 15 is 0 Å². The molecule has 1 atom stereocenters. The fourth-order valence-electron chi connectivity index (χ4n) is 1.78. The maximum Gasteiger partial charge on any atom is 0.219 e. The zero-order valence-corrected chi connectivity index (χ0v) is 11.5. The first-order valence-electron chi connectivity index (χ1n) is 6.48. The number of hydrogen-bond donors (Lipinski definition) is 1. The second-order valence-corrected chi connectivity index (χ2v) is 4.93. The summed E-state index contributed by atoms with van der Waals surface area (Å²) in [5.41, 5.74) is 2.07. The van der Waals surface area contributed by atoms with Gasteiger partial charge in [0.2, 0.25) is 5.88 Å². The van der Waals surface area contributed by atoms with Gasteiger partial charge in [0, 0.05) is 12.3 Å². The molecule has 0 aliphatic rings. The third-order valence-corrected chi connectivity index (χ3v) is 3.01. The van der Waals surface area contributed by atoms with Crippen molar-refractivity contribution in [3.05, 3.63) is 53.7 Å². The van der Waals surface area contributed by atoms with Crippen LogP contribution in [0.3, 0.4) is 0 Å². The van der Waals surface area contributed by atoms with Gasteiger partial charge in [0.15, 0.2) is 0 Å². The summed E-state index contributed by atoms with van der Waals surface area (Å²) < 4.78 is 5.68. The topological polar surface area (TPSA) is 42.4 Å². The third kappa shape index (κ3) is 3.55.